The molecule has 1 fully saturated rings. The second kappa shape index (κ2) is 8.10. The number of nitrogens with one attached hydrogen (secondary N) is 3. The van der Waals surface area contributed by atoms with E-state index in [0.29, 0.717) is 22.1 Å². The van der Waals surface area contributed by atoms with E-state index in [1.54, 1.807) is 55.5 Å². The fourth-order valence-corrected chi connectivity index (χ4v) is 2.46. The van der Waals surface area contributed by atoms with E-state index in [-0.39, 0.29) is 18.0 Å². The van der Waals surface area contributed by atoms with E-state index in [1.165, 1.54) is 0 Å². The highest BCUT2D eigenvalue weighted by molar-refractivity contribution is 6.32. The molecule has 6 nitrogen and oxygen atoms in total. The molecule has 0 spiro atoms. The molecule has 3 amide bonds. The highest BCUT2D eigenvalue weighted by Gasteiger charge is 2.23. The number of carbonyl (C=O) groups is 2. The van der Waals surface area contributed by atoms with Crippen LogP contribution in [0.2, 0.25) is 5.02 Å². The molecule has 2 aromatic rings. The zero-order valence-electron chi connectivity index (χ0n) is 14.3. The minimum Gasteiger partial charge on any atom is -0.479 e. The smallest absolute Gasteiger partial charge is 0.319 e. The first kappa shape index (κ1) is 18.1. The van der Waals surface area contributed by atoms with Crippen molar-refractivity contribution in [2.75, 3.05) is 10.6 Å². The van der Waals surface area contributed by atoms with Crippen molar-refractivity contribution in [1.29, 1.82) is 0 Å². The molecular weight excluding hydrogens is 354 g/mol. The summed E-state index contributed by atoms with van der Waals surface area (Å²) in [6, 6.07) is 13.9. The van der Waals surface area contributed by atoms with Crippen molar-refractivity contribution in [3.63, 3.8) is 0 Å². The Bertz CT molecular complexity index is 808. The van der Waals surface area contributed by atoms with Crippen molar-refractivity contribution in [2.24, 2.45) is 0 Å². The number of benzene rings is 2. The van der Waals surface area contributed by atoms with Gasteiger partial charge in [0, 0.05) is 17.4 Å². The van der Waals surface area contributed by atoms with Gasteiger partial charge in [0.15, 0.2) is 6.10 Å². The number of amides is 3. The maximum absolute atomic E-state index is 12.3. The van der Waals surface area contributed by atoms with Gasteiger partial charge in [0.1, 0.15) is 5.75 Å². The summed E-state index contributed by atoms with van der Waals surface area (Å²) in [4.78, 5) is 24.1. The van der Waals surface area contributed by atoms with Crippen LogP contribution in [0.3, 0.4) is 0 Å². The predicted molar refractivity (Wildman–Crippen MR) is 102 cm³/mol. The van der Waals surface area contributed by atoms with Crippen LogP contribution < -0.4 is 20.7 Å². The van der Waals surface area contributed by atoms with E-state index < -0.39 is 6.10 Å². The molecule has 1 aliphatic rings. The van der Waals surface area contributed by atoms with Crippen LogP contribution in [0.1, 0.15) is 19.8 Å². The average molecular weight is 374 g/mol. The Labute approximate surface area is 156 Å². The third kappa shape index (κ3) is 5.13. The lowest BCUT2D eigenvalue weighted by atomic mass is 10.2. The molecular formula is C19H20ClN3O3. The molecule has 0 aromatic heterocycles. The van der Waals surface area contributed by atoms with Gasteiger partial charge in [0.2, 0.25) is 0 Å². The fourth-order valence-electron chi connectivity index (χ4n) is 2.28. The first-order chi connectivity index (χ1) is 12.5. The van der Waals surface area contributed by atoms with Crippen LogP contribution in [0.25, 0.3) is 0 Å². The second-order valence-electron chi connectivity index (χ2n) is 6.13. The Morgan fingerprint density at radius 2 is 1.77 bits per heavy atom. The predicted octanol–water partition coefficient (Wildman–Crippen LogP) is 4.03. The van der Waals surface area contributed by atoms with Gasteiger partial charge < -0.3 is 20.7 Å². The molecule has 1 aliphatic carbocycles. The summed E-state index contributed by atoms with van der Waals surface area (Å²) in [5, 5.41) is 8.81. The molecule has 136 valence electrons. The number of rotatable bonds is 6. The van der Waals surface area contributed by atoms with Crippen molar-refractivity contribution >= 4 is 34.9 Å². The molecule has 0 saturated heterocycles. The van der Waals surface area contributed by atoms with Crippen LogP contribution >= 0.6 is 11.6 Å². The van der Waals surface area contributed by atoms with Crippen molar-refractivity contribution in [1.82, 2.24) is 5.32 Å². The monoisotopic (exact) mass is 373 g/mol. The van der Waals surface area contributed by atoms with Gasteiger partial charge in [0.05, 0.1) is 5.02 Å². The molecule has 0 aliphatic heterocycles. The van der Waals surface area contributed by atoms with Gasteiger partial charge in [-0.25, -0.2) is 4.79 Å². The van der Waals surface area contributed by atoms with Gasteiger partial charge in [-0.15, -0.1) is 0 Å². The fraction of sp³-hybridized carbons (Fsp3) is 0.263. The molecule has 0 heterocycles. The van der Waals surface area contributed by atoms with E-state index in [2.05, 4.69) is 16.0 Å². The number of ether oxygens (including phenoxy) is 1. The summed E-state index contributed by atoms with van der Waals surface area (Å²) in [5.74, 6) is 0.133. The van der Waals surface area contributed by atoms with Gasteiger partial charge in [-0.05, 0) is 50.1 Å². The Morgan fingerprint density at radius 3 is 2.46 bits per heavy atom. The Balaban J connectivity index is 1.57. The van der Waals surface area contributed by atoms with E-state index in [4.69, 9.17) is 16.3 Å². The highest BCUT2D eigenvalue weighted by atomic mass is 35.5. The van der Waals surface area contributed by atoms with E-state index in [0.717, 1.165) is 12.8 Å². The summed E-state index contributed by atoms with van der Waals surface area (Å²) in [6.07, 6.45) is 1.31. The molecule has 7 heteroatoms. The van der Waals surface area contributed by atoms with Crippen molar-refractivity contribution in [3.8, 4) is 5.75 Å². The number of anilines is 2. The summed E-state index contributed by atoms with van der Waals surface area (Å²) < 4.78 is 5.60. The third-order valence-corrected chi connectivity index (χ3v) is 4.12. The van der Waals surface area contributed by atoms with Crippen molar-refractivity contribution < 1.29 is 14.3 Å². The maximum Gasteiger partial charge on any atom is 0.319 e. The largest absolute Gasteiger partial charge is 0.479 e. The van der Waals surface area contributed by atoms with Crippen LogP contribution in [0.4, 0.5) is 16.2 Å². The number of halogens is 1. The Hall–Kier alpha value is -2.73. The van der Waals surface area contributed by atoms with Gasteiger partial charge in [-0.2, -0.15) is 0 Å². The topological polar surface area (TPSA) is 79.5 Å². The van der Waals surface area contributed by atoms with Gasteiger partial charge in [-0.1, -0.05) is 29.8 Å². The maximum atomic E-state index is 12.3. The molecule has 0 bridgehead atoms. The SMILES string of the molecule is C[C@@H](Oc1ccccc1Cl)C(=O)Nc1cccc(NC(=O)NC2CC2)c1. The molecule has 26 heavy (non-hydrogen) atoms. The minimum atomic E-state index is -0.732. The second-order valence-corrected chi connectivity index (χ2v) is 6.54. The van der Waals surface area contributed by atoms with Crippen molar-refractivity contribution in [3.05, 3.63) is 53.6 Å². The highest BCUT2D eigenvalue weighted by Crippen LogP contribution is 2.24. The zero-order valence-corrected chi connectivity index (χ0v) is 15.0. The molecule has 0 unspecified atom stereocenters. The van der Waals surface area contributed by atoms with Gasteiger partial charge >= 0.3 is 6.03 Å². The number of para-hydroxylation sites is 1. The Morgan fingerprint density at radius 1 is 1.08 bits per heavy atom. The van der Waals surface area contributed by atoms with E-state index in [1.807, 2.05) is 0 Å². The molecule has 0 radical (unpaired) electrons. The van der Waals surface area contributed by atoms with Crippen LogP contribution in [-0.2, 0) is 4.79 Å². The summed E-state index contributed by atoms with van der Waals surface area (Å²) >= 11 is 6.04. The average Bonchev–Trinajstić information content (AvgIpc) is 3.41. The molecule has 1 saturated carbocycles. The number of urea groups is 1. The molecule has 3 N–H and O–H groups in total. The third-order valence-electron chi connectivity index (χ3n) is 3.81. The standard InChI is InChI=1S/C19H20ClN3O3/c1-12(26-17-8-3-2-7-16(17)20)18(24)21-14-5-4-6-15(11-14)23-19(25)22-13-9-10-13/h2-8,11-13H,9-10H2,1H3,(H,21,24)(H2,22,23,25)/t12-/m1/s1. The van der Waals surface area contributed by atoms with E-state index >= 15 is 0 Å². The minimum absolute atomic E-state index is 0.244. The van der Waals surface area contributed by atoms with Crippen LogP contribution in [0, 0.1) is 0 Å². The lowest BCUT2D eigenvalue weighted by Gasteiger charge is -2.16. The number of carbonyl (C=O) groups excluding carboxylic acids is 2. The summed E-state index contributed by atoms with van der Waals surface area (Å²) in [7, 11) is 0. The lowest BCUT2D eigenvalue weighted by molar-refractivity contribution is -0.122. The number of hydrogen-bond acceptors (Lipinski definition) is 3. The van der Waals surface area contributed by atoms with Gasteiger partial charge in [-0.3, -0.25) is 4.79 Å². The first-order valence-electron chi connectivity index (χ1n) is 8.41. The van der Waals surface area contributed by atoms with E-state index in [9.17, 15) is 9.59 Å². The quantitative estimate of drug-likeness (QED) is 0.715. The molecule has 2 aromatic carbocycles. The molecule has 1 atom stereocenters. The first-order valence-corrected chi connectivity index (χ1v) is 8.78. The lowest BCUT2D eigenvalue weighted by Crippen LogP contribution is -2.31. The zero-order chi connectivity index (χ0) is 18.5. The van der Waals surface area contributed by atoms with Crippen LogP contribution in [-0.4, -0.2) is 24.1 Å². The van der Waals surface area contributed by atoms with Crippen molar-refractivity contribution in [2.45, 2.75) is 31.9 Å². The van der Waals surface area contributed by atoms with Crippen LogP contribution in [0.15, 0.2) is 48.5 Å². The number of hydrogen-bond donors (Lipinski definition) is 3. The summed E-state index contributed by atoms with van der Waals surface area (Å²) in [5.41, 5.74) is 1.16. The normalized spacial score (nSPS) is 14.2. The summed E-state index contributed by atoms with van der Waals surface area (Å²) in [6.45, 7) is 1.64. The Kier molecular flexibility index (Phi) is 5.63. The molecule has 3 rings (SSSR count). The van der Waals surface area contributed by atoms with Gasteiger partial charge in [0.25, 0.3) is 5.91 Å². The van der Waals surface area contributed by atoms with Crippen LogP contribution in [0.5, 0.6) is 5.75 Å².